The summed E-state index contributed by atoms with van der Waals surface area (Å²) < 4.78 is 0. The number of anilines is 2. The van der Waals surface area contributed by atoms with E-state index in [2.05, 4.69) is 4.98 Å². The van der Waals surface area contributed by atoms with Crippen molar-refractivity contribution in [1.29, 1.82) is 5.26 Å². The number of rotatable bonds is 2. The molecule has 2 atom stereocenters. The van der Waals surface area contributed by atoms with Gasteiger partial charge in [0.15, 0.2) is 6.10 Å². The molecule has 2 unspecified atom stereocenters. The summed E-state index contributed by atoms with van der Waals surface area (Å²) in [7, 11) is 0. The van der Waals surface area contributed by atoms with Crippen LogP contribution in [-0.2, 0) is 0 Å². The van der Waals surface area contributed by atoms with Gasteiger partial charge in [-0.2, -0.15) is 5.26 Å². The first kappa shape index (κ1) is 11.2. The van der Waals surface area contributed by atoms with Crippen LogP contribution in [0.4, 0.5) is 11.5 Å². The van der Waals surface area contributed by atoms with Crippen molar-refractivity contribution in [1.82, 2.24) is 4.98 Å². The zero-order valence-electron chi connectivity index (χ0n) is 8.18. The molecule has 0 aliphatic heterocycles. The summed E-state index contributed by atoms with van der Waals surface area (Å²) in [6, 6.07) is 2.94. The fourth-order valence-corrected chi connectivity index (χ4v) is 1.20. The molecule has 1 heterocycles. The SMILES string of the molecule is Cc1nc(N)c(N)cc1C(O)C(O)C#N. The zero-order chi connectivity index (χ0) is 11.6. The highest BCUT2D eigenvalue weighted by atomic mass is 16.3. The van der Waals surface area contributed by atoms with Gasteiger partial charge in [0.2, 0.25) is 0 Å². The maximum Gasteiger partial charge on any atom is 0.170 e. The second-order valence-corrected chi connectivity index (χ2v) is 3.16. The third-order valence-corrected chi connectivity index (χ3v) is 2.06. The molecule has 0 aliphatic carbocycles. The smallest absolute Gasteiger partial charge is 0.170 e. The molecule has 6 heteroatoms. The van der Waals surface area contributed by atoms with E-state index >= 15 is 0 Å². The fourth-order valence-electron chi connectivity index (χ4n) is 1.20. The lowest BCUT2D eigenvalue weighted by Gasteiger charge is -2.15. The summed E-state index contributed by atoms with van der Waals surface area (Å²) in [5.41, 5.74) is 11.9. The number of aliphatic hydroxyl groups is 2. The molecule has 0 aromatic carbocycles. The standard InChI is InChI=1S/C9H12N4O2/c1-4-5(8(15)7(14)3-10)2-6(11)9(12)13-4/h2,7-8,14-15H,11H2,1H3,(H2,12,13). The van der Waals surface area contributed by atoms with E-state index in [1.54, 1.807) is 6.92 Å². The van der Waals surface area contributed by atoms with Gasteiger partial charge in [-0.25, -0.2) is 4.98 Å². The monoisotopic (exact) mass is 208 g/mol. The van der Waals surface area contributed by atoms with Crippen LogP contribution in [0.1, 0.15) is 17.4 Å². The zero-order valence-corrected chi connectivity index (χ0v) is 8.18. The highest BCUT2D eigenvalue weighted by Gasteiger charge is 2.21. The Hall–Kier alpha value is -1.84. The van der Waals surface area contributed by atoms with Gasteiger partial charge in [-0.05, 0) is 13.0 Å². The van der Waals surface area contributed by atoms with Crippen LogP contribution in [0.3, 0.4) is 0 Å². The largest absolute Gasteiger partial charge is 0.396 e. The molecule has 0 spiro atoms. The van der Waals surface area contributed by atoms with Crippen molar-refractivity contribution in [3.05, 3.63) is 17.3 Å². The second-order valence-electron chi connectivity index (χ2n) is 3.16. The van der Waals surface area contributed by atoms with Crippen LogP contribution in [0.5, 0.6) is 0 Å². The number of aliphatic hydroxyl groups excluding tert-OH is 2. The molecule has 0 radical (unpaired) electrons. The van der Waals surface area contributed by atoms with Crippen LogP contribution in [0.2, 0.25) is 0 Å². The summed E-state index contributed by atoms with van der Waals surface area (Å²) in [4.78, 5) is 3.88. The summed E-state index contributed by atoms with van der Waals surface area (Å²) in [6.45, 7) is 1.61. The Morgan fingerprint density at radius 3 is 2.60 bits per heavy atom. The number of aryl methyl sites for hydroxylation is 1. The molecule has 0 bridgehead atoms. The lowest BCUT2D eigenvalue weighted by molar-refractivity contribution is 0.0521. The Labute approximate surface area is 86.8 Å². The molecule has 80 valence electrons. The molecule has 6 N–H and O–H groups in total. The molecule has 0 fully saturated rings. The number of hydrogen-bond acceptors (Lipinski definition) is 6. The molecule has 0 saturated heterocycles. The quantitative estimate of drug-likeness (QED) is 0.483. The maximum atomic E-state index is 9.58. The summed E-state index contributed by atoms with van der Waals surface area (Å²) in [5, 5.41) is 27.2. The van der Waals surface area contributed by atoms with Crippen LogP contribution in [0.15, 0.2) is 6.07 Å². The average molecular weight is 208 g/mol. The van der Waals surface area contributed by atoms with E-state index in [-0.39, 0.29) is 11.5 Å². The van der Waals surface area contributed by atoms with E-state index in [4.69, 9.17) is 21.8 Å². The first-order valence-electron chi connectivity index (χ1n) is 4.25. The Morgan fingerprint density at radius 1 is 1.47 bits per heavy atom. The third-order valence-electron chi connectivity index (χ3n) is 2.06. The number of aromatic nitrogens is 1. The molecule has 1 aromatic rings. The molecular formula is C9H12N4O2. The Balaban J connectivity index is 3.16. The van der Waals surface area contributed by atoms with Gasteiger partial charge in [0.05, 0.1) is 11.8 Å². The first-order valence-corrected chi connectivity index (χ1v) is 4.25. The Bertz CT molecular complexity index is 413. The first-order chi connectivity index (χ1) is 6.97. The summed E-state index contributed by atoms with van der Waals surface area (Å²) in [6.07, 6.45) is -2.83. The van der Waals surface area contributed by atoms with Crippen molar-refractivity contribution in [2.75, 3.05) is 11.5 Å². The predicted octanol–water partition coefficient (Wildman–Crippen LogP) is -0.528. The topological polar surface area (TPSA) is 129 Å². The maximum absolute atomic E-state index is 9.58. The third kappa shape index (κ3) is 2.15. The van der Waals surface area contributed by atoms with Crippen LogP contribution < -0.4 is 11.5 Å². The van der Waals surface area contributed by atoms with Gasteiger partial charge in [-0.1, -0.05) is 0 Å². The molecule has 0 amide bonds. The van der Waals surface area contributed by atoms with Crippen LogP contribution in [0.25, 0.3) is 0 Å². The minimum atomic E-state index is -1.51. The van der Waals surface area contributed by atoms with E-state index in [0.717, 1.165) is 0 Å². The van der Waals surface area contributed by atoms with Crippen LogP contribution in [-0.4, -0.2) is 21.3 Å². The van der Waals surface area contributed by atoms with Crippen molar-refractivity contribution in [3.8, 4) is 6.07 Å². The van der Waals surface area contributed by atoms with Crippen molar-refractivity contribution in [2.24, 2.45) is 0 Å². The van der Waals surface area contributed by atoms with E-state index in [1.165, 1.54) is 12.1 Å². The van der Waals surface area contributed by atoms with E-state index in [0.29, 0.717) is 11.3 Å². The van der Waals surface area contributed by atoms with Crippen molar-refractivity contribution < 1.29 is 10.2 Å². The van der Waals surface area contributed by atoms with E-state index < -0.39 is 12.2 Å². The molecule has 6 nitrogen and oxygen atoms in total. The number of nitrogen functional groups attached to an aromatic ring is 2. The normalized spacial score (nSPS) is 14.3. The lowest BCUT2D eigenvalue weighted by atomic mass is 10.0. The van der Waals surface area contributed by atoms with Gasteiger partial charge < -0.3 is 21.7 Å². The molecule has 1 rings (SSSR count). The second kappa shape index (κ2) is 4.13. The lowest BCUT2D eigenvalue weighted by Crippen LogP contribution is -2.18. The van der Waals surface area contributed by atoms with E-state index in [1.807, 2.05) is 0 Å². The van der Waals surface area contributed by atoms with Crippen LogP contribution in [0, 0.1) is 18.3 Å². The number of nitrogens with zero attached hydrogens (tertiary/aromatic N) is 2. The van der Waals surface area contributed by atoms with Crippen molar-refractivity contribution in [3.63, 3.8) is 0 Å². The fraction of sp³-hybridized carbons (Fsp3) is 0.333. The van der Waals surface area contributed by atoms with Gasteiger partial charge in [0, 0.05) is 11.3 Å². The molecular weight excluding hydrogens is 196 g/mol. The molecule has 0 aliphatic rings. The Kier molecular flexibility index (Phi) is 3.09. The number of nitriles is 1. The van der Waals surface area contributed by atoms with Gasteiger partial charge in [0.25, 0.3) is 0 Å². The van der Waals surface area contributed by atoms with E-state index in [9.17, 15) is 5.11 Å². The highest BCUT2D eigenvalue weighted by molar-refractivity contribution is 5.60. The number of nitrogens with two attached hydrogens (primary N) is 2. The van der Waals surface area contributed by atoms with Gasteiger partial charge in [-0.3, -0.25) is 0 Å². The van der Waals surface area contributed by atoms with Gasteiger partial charge in [-0.15, -0.1) is 0 Å². The molecule has 15 heavy (non-hydrogen) atoms. The minimum Gasteiger partial charge on any atom is -0.396 e. The predicted molar refractivity (Wildman–Crippen MR) is 54.4 cm³/mol. The summed E-state index contributed by atoms with van der Waals surface area (Å²) >= 11 is 0. The van der Waals surface area contributed by atoms with Crippen molar-refractivity contribution >= 4 is 11.5 Å². The number of pyridine rings is 1. The minimum absolute atomic E-state index is 0.162. The summed E-state index contributed by atoms with van der Waals surface area (Å²) in [5.74, 6) is 0.162. The van der Waals surface area contributed by atoms with Gasteiger partial charge in [0.1, 0.15) is 11.9 Å². The molecule has 1 aromatic heterocycles. The van der Waals surface area contributed by atoms with Crippen LogP contribution >= 0.6 is 0 Å². The number of hydrogen-bond donors (Lipinski definition) is 4. The molecule has 0 saturated carbocycles. The van der Waals surface area contributed by atoms with Gasteiger partial charge >= 0.3 is 0 Å². The average Bonchev–Trinajstić information content (AvgIpc) is 2.21. The highest BCUT2D eigenvalue weighted by Crippen LogP contribution is 2.24. The van der Waals surface area contributed by atoms with Crippen molar-refractivity contribution in [2.45, 2.75) is 19.1 Å². The Morgan fingerprint density at radius 2 is 2.07 bits per heavy atom.